The fourth-order valence-corrected chi connectivity index (χ4v) is 3.54. The number of carbonyl (C=O) groups excluding carboxylic acids is 4. The Morgan fingerprint density at radius 1 is 0.889 bits per heavy atom. The van der Waals surface area contributed by atoms with Gasteiger partial charge in [-0.2, -0.15) is 0 Å². The molecule has 4 unspecified atom stereocenters. The summed E-state index contributed by atoms with van der Waals surface area (Å²) in [6.07, 6.45) is 1.80. The zero-order valence-electron chi connectivity index (χ0n) is 20.8. The molecule has 2 rings (SSSR count). The first kappa shape index (κ1) is 28.3. The van der Waals surface area contributed by atoms with Gasteiger partial charge in [-0.25, -0.2) is 0 Å². The number of H-pyrrole nitrogens is 1. The van der Waals surface area contributed by atoms with Crippen LogP contribution in [-0.4, -0.2) is 70.4 Å². The van der Waals surface area contributed by atoms with E-state index < -0.39 is 53.8 Å². The topological polar surface area (TPSA) is 196 Å². The molecule has 12 nitrogen and oxygen atoms in total. The van der Waals surface area contributed by atoms with E-state index in [1.807, 2.05) is 24.3 Å². The van der Waals surface area contributed by atoms with Gasteiger partial charge in [0.1, 0.15) is 24.2 Å². The summed E-state index contributed by atoms with van der Waals surface area (Å²) in [5.41, 5.74) is 6.90. The molecule has 12 heteroatoms. The van der Waals surface area contributed by atoms with Crippen molar-refractivity contribution in [2.24, 2.45) is 11.7 Å². The minimum absolute atomic E-state index is 0.0791. The quantitative estimate of drug-likeness (QED) is 0.201. The van der Waals surface area contributed by atoms with Crippen molar-refractivity contribution in [2.45, 2.75) is 58.3 Å². The van der Waals surface area contributed by atoms with Gasteiger partial charge in [-0.15, -0.1) is 0 Å². The molecule has 1 aromatic carbocycles. The van der Waals surface area contributed by atoms with Gasteiger partial charge in [0.05, 0.1) is 6.54 Å². The Labute approximate surface area is 208 Å². The molecular weight excluding hydrogens is 468 g/mol. The molecule has 36 heavy (non-hydrogen) atoms. The summed E-state index contributed by atoms with van der Waals surface area (Å²) in [6.45, 7) is 5.94. The number of hydrogen-bond acceptors (Lipinski definition) is 6. The largest absolute Gasteiger partial charge is 0.480 e. The Morgan fingerprint density at radius 3 is 2.14 bits per heavy atom. The summed E-state index contributed by atoms with van der Waals surface area (Å²) in [5.74, 6) is -3.92. The molecule has 1 aromatic heterocycles. The maximum atomic E-state index is 12.9. The Hall–Kier alpha value is -3.93. The number of aliphatic carboxylic acids is 1. The monoisotopic (exact) mass is 502 g/mol. The predicted molar refractivity (Wildman–Crippen MR) is 133 cm³/mol. The van der Waals surface area contributed by atoms with Crippen LogP contribution in [-0.2, 0) is 30.4 Å². The number of hydrogen-bond donors (Lipinski definition) is 7. The smallest absolute Gasteiger partial charge is 0.325 e. The first-order valence-electron chi connectivity index (χ1n) is 11.6. The van der Waals surface area contributed by atoms with Crippen LogP contribution in [0.25, 0.3) is 10.9 Å². The highest BCUT2D eigenvalue weighted by atomic mass is 16.4. The standard InChI is InChI=1S/C24H34N6O6/c1-12(2)20(30-19(31)10-25)23(34)27-13(3)21(32)29-18(22(33)28-14(4)24(35)36)9-15-11-26-17-8-6-5-7-16(15)17/h5-8,11-14,18,20,26H,9-10,25H2,1-4H3,(H,27,34)(H,28,33)(H,29,32)(H,30,31)(H,35,36). The molecular formula is C24H34N6O6. The van der Waals surface area contributed by atoms with Crippen LogP contribution in [0.3, 0.4) is 0 Å². The SMILES string of the molecule is CC(NC(=O)C(Cc1c[nH]c2ccccc12)NC(=O)C(C)NC(=O)C(NC(=O)CN)C(C)C)C(=O)O. The van der Waals surface area contributed by atoms with E-state index >= 15 is 0 Å². The summed E-state index contributed by atoms with van der Waals surface area (Å²) < 4.78 is 0. The van der Waals surface area contributed by atoms with Crippen LogP contribution in [0.5, 0.6) is 0 Å². The highest BCUT2D eigenvalue weighted by molar-refractivity contribution is 5.95. The third-order valence-electron chi connectivity index (χ3n) is 5.66. The van der Waals surface area contributed by atoms with E-state index in [-0.39, 0.29) is 18.9 Å². The Kier molecular flexibility index (Phi) is 9.97. The molecule has 8 N–H and O–H groups in total. The number of aromatic nitrogens is 1. The summed E-state index contributed by atoms with van der Waals surface area (Å²) in [4.78, 5) is 64.5. The van der Waals surface area contributed by atoms with Gasteiger partial charge in [-0.05, 0) is 31.4 Å². The van der Waals surface area contributed by atoms with Crippen LogP contribution in [0.2, 0.25) is 0 Å². The first-order valence-corrected chi connectivity index (χ1v) is 11.6. The number of nitrogens with one attached hydrogen (secondary N) is 5. The average Bonchev–Trinajstić information content (AvgIpc) is 3.23. The molecule has 0 saturated carbocycles. The van der Waals surface area contributed by atoms with E-state index in [1.165, 1.54) is 13.8 Å². The van der Waals surface area contributed by atoms with Gasteiger partial charge >= 0.3 is 5.97 Å². The van der Waals surface area contributed by atoms with Crippen molar-refractivity contribution in [3.8, 4) is 0 Å². The molecule has 0 aliphatic carbocycles. The van der Waals surface area contributed by atoms with Gasteiger partial charge < -0.3 is 37.1 Å². The van der Waals surface area contributed by atoms with E-state index in [9.17, 15) is 24.0 Å². The van der Waals surface area contributed by atoms with Crippen molar-refractivity contribution in [2.75, 3.05) is 6.54 Å². The number of carboxylic acid groups (broad SMARTS) is 1. The molecule has 0 spiro atoms. The van der Waals surface area contributed by atoms with Crippen LogP contribution >= 0.6 is 0 Å². The maximum absolute atomic E-state index is 12.9. The van der Waals surface area contributed by atoms with E-state index in [0.717, 1.165) is 16.5 Å². The van der Waals surface area contributed by atoms with Crippen LogP contribution in [0.4, 0.5) is 0 Å². The lowest BCUT2D eigenvalue weighted by molar-refractivity contribution is -0.141. The Morgan fingerprint density at radius 2 is 1.53 bits per heavy atom. The molecule has 2 aromatic rings. The van der Waals surface area contributed by atoms with Crippen LogP contribution in [0.1, 0.15) is 33.3 Å². The van der Waals surface area contributed by atoms with E-state index in [1.54, 1.807) is 20.0 Å². The van der Waals surface area contributed by atoms with Crippen LogP contribution in [0, 0.1) is 5.92 Å². The van der Waals surface area contributed by atoms with Gasteiger partial charge in [-0.3, -0.25) is 24.0 Å². The van der Waals surface area contributed by atoms with E-state index in [2.05, 4.69) is 26.3 Å². The number of nitrogens with two attached hydrogens (primary N) is 1. The fraction of sp³-hybridized carbons (Fsp3) is 0.458. The third kappa shape index (κ3) is 7.54. The van der Waals surface area contributed by atoms with Crippen molar-refractivity contribution in [3.63, 3.8) is 0 Å². The predicted octanol–water partition coefficient (Wildman–Crippen LogP) is -0.611. The molecule has 1 heterocycles. The van der Waals surface area contributed by atoms with Gasteiger partial charge in [0.2, 0.25) is 23.6 Å². The van der Waals surface area contributed by atoms with Gasteiger partial charge in [-0.1, -0.05) is 32.0 Å². The lowest BCUT2D eigenvalue weighted by Crippen LogP contribution is -2.58. The number of amides is 4. The Balaban J connectivity index is 2.18. The molecule has 0 aliphatic heterocycles. The molecule has 0 radical (unpaired) electrons. The minimum Gasteiger partial charge on any atom is -0.480 e. The summed E-state index contributed by atoms with van der Waals surface area (Å²) in [7, 11) is 0. The van der Waals surface area contributed by atoms with Crippen LogP contribution in [0.15, 0.2) is 30.5 Å². The number of aromatic amines is 1. The van der Waals surface area contributed by atoms with Crippen molar-refractivity contribution in [1.82, 2.24) is 26.3 Å². The zero-order chi connectivity index (χ0) is 27.0. The first-order chi connectivity index (χ1) is 16.9. The molecule has 0 aliphatic rings. The maximum Gasteiger partial charge on any atom is 0.325 e. The average molecular weight is 503 g/mol. The fourth-order valence-electron chi connectivity index (χ4n) is 3.54. The van der Waals surface area contributed by atoms with E-state index in [4.69, 9.17) is 10.8 Å². The number of rotatable bonds is 12. The number of carboxylic acids is 1. The molecule has 0 saturated heterocycles. The van der Waals surface area contributed by atoms with Gasteiger partial charge in [0, 0.05) is 23.5 Å². The minimum atomic E-state index is -1.22. The highest BCUT2D eigenvalue weighted by Gasteiger charge is 2.30. The third-order valence-corrected chi connectivity index (χ3v) is 5.66. The second-order valence-electron chi connectivity index (χ2n) is 8.92. The summed E-state index contributed by atoms with van der Waals surface area (Å²) in [6, 6.07) is 3.18. The van der Waals surface area contributed by atoms with Gasteiger partial charge in [0.15, 0.2) is 0 Å². The normalized spacial score (nSPS) is 14.4. The Bertz CT molecular complexity index is 1110. The zero-order valence-corrected chi connectivity index (χ0v) is 20.8. The lowest BCUT2D eigenvalue weighted by atomic mass is 10.0. The highest BCUT2D eigenvalue weighted by Crippen LogP contribution is 2.19. The van der Waals surface area contributed by atoms with E-state index in [0.29, 0.717) is 0 Å². The van der Waals surface area contributed by atoms with Crippen LogP contribution < -0.4 is 27.0 Å². The second-order valence-corrected chi connectivity index (χ2v) is 8.92. The van der Waals surface area contributed by atoms with Crippen molar-refractivity contribution >= 4 is 40.5 Å². The molecule has 4 amide bonds. The molecule has 196 valence electrons. The number of carbonyl (C=O) groups is 5. The number of fused-ring (bicyclic) bond motifs is 1. The van der Waals surface area contributed by atoms with Crippen molar-refractivity contribution < 1.29 is 29.1 Å². The number of benzene rings is 1. The molecule has 0 fully saturated rings. The molecule has 0 bridgehead atoms. The van der Waals surface area contributed by atoms with Crippen molar-refractivity contribution in [1.29, 1.82) is 0 Å². The molecule has 4 atom stereocenters. The number of para-hydroxylation sites is 1. The second kappa shape index (κ2) is 12.7. The van der Waals surface area contributed by atoms with Gasteiger partial charge in [0.25, 0.3) is 0 Å². The lowest BCUT2D eigenvalue weighted by Gasteiger charge is -2.25. The summed E-state index contributed by atoms with van der Waals surface area (Å²) in [5, 5.41) is 20.1. The summed E-state index contributed by atoms with van der Waals surface area (Å²) >= 11 is 0. The van der Waals surface area contributed by atoms with Crippen molar-refractivity contribution in [3.05, 3.63) is 36.0 Å².